The third-order valence-electron chi connectivity index (χ3n) is 4.74. The van der Waals surface area contributed by atoms with E-state index in [1.165, 1.54) is 45.2 Å². The van der Waals surface area contributed by atoms with Crippen LogP contribution in [0.3, 0.4) is 0 Å². The molecule has 1 saturated heterocycles. The van der Waals surface area contributed by atoms with Crippen LogP contribution < -0.4 is 10.6 Å². The highest BCUT2D eigenvalue weighted by molar-refractivity contribution is 14.0. The quantitative estimate of drug-likeness (QED) is 0.392. The van der Waals surface area contributed by atoms with Gasteiger partial charge in [-0.25, -0.2) is 0 Å². The van der Waals surface area contributed by atoms with E-state index in [0.29, 0.717) is 6.04 Å². The maximum atomic E-state index is 4.37. The van der Waals surface area contributed by atoms with Gasteiger partial charge in [0.2, 0.25) is 0 Å². The molecule has 1 aliphatic heterocycles. The molecule has 6 heteroatoms. The summed E-state index contributed by atoms with van der Waals surface area (Å²) in [5.74, 6) is 1.84. The fourth-order valence-electron chi connectivity index (χ4n) is 3.50. The fraction of sp³-hybridized carbons (Fsp3) is 0.938. The Kier molecular flexibility index (Phi) is 10.1. The van der Waals surface area contributed by atoms with Crippen LogP contribution >= 0.6 is 35.7 Å². The topological polar surface area (TPSA) is 39.7 Å². The van der Waals surface area contributed by atoms with Crippen molar-refractivity contribution in [2.75, 3.05) is 39.5 Å². The van der Waals surface area contributed by atoms with Crippen molar-refractivity contribution in [2.24, 2.45) is 10.9 Å². The number of thioether (sulfide) groups is 1. The molecule has 0 aromatic rings. The summed E-state index contributed by atoms with van der Waals surface area (Å²) in [6.45, 7) is 7.00. The summed E-state index contributed by atoms with van der Waals surface area (Å²) in [6, 6.07) is 0.601. The summed E-state index contributed by atoms with van der Waals surface area (Å²) >= 11 is 2.00. The second-order valence-electron chi connectivity index (χ2n) is 6.56. The maximum Gasteiger partial charge on any atom is 0.191 e. The highest BCUT2D eigenvalue weighted by Crippen LogP contribution is 2.27. The van der Waals surface area contributed by atoms with E-state index in [1.807, 2.05) is 18.8 Å². The molecule has 0 aromatic carbocycles. The van der Waals surface area contributed by atoms with E-state index in [9.17, 15) is 0 Å². The van der Waals surface area contributed by atoms with Crippen LogP contribution in [0.4, 0.5) is 0 Å². The van der Waals surface area contributed by atoms with Crippen molar-refractivity contribution in [1.29, 1.82) is 0 Å². The Balaban J connectivity index is 0.00000242. The lowest BCUT2D eigenvalue weighted by Gasteiger charge is -2.31. The first kappa shape index (κ1) is 20.4. The molecular formula is C16H33IN4S. The summed E-state index contributed by atoms with van der Waals surface area (Å²) in [6.07, 6.45) is 8.85. The summed E-state index contributed by atoms with van der Waals surface area (Å²) in [5, 5.41) is 7.89. The summed E-state index contributed by atoms with van der Waals surface area (Å²) < 4.78 is 0. The summed E-state index contributed by atoms with van der Waals surface area (Å²) in [7, 11) is 1.87. The maximum absolute atomic E-state index is 4.37. The molecule has 4 nitrogen and oxygen atoms in total. The van der Waals surface area contributed by atoms with Gasteiger partial charge < -0.3 is 15.5 Å². The lowest BCUT2D eigenvalue weighted by Crippen LogP contribution is -2.46. The van der Waals surface area contributed by atoms with E-state index >= 15 is 0 Å². The van der Waals surface area contributed by atoms with E-state index < -0.39 is 0 Å². The van der Waals surface area contributed by atoms with Crippen LogP contribution in [0.25, 0.3) is 0 Å². The zero-order chi connectivity index (χ0) is 15.1. The minimum absolute atomic E-state index is 0. The van der Waals surface area contributed by atoms with E-state index in [1.54, 1.807) is 0 Å². The summed E-state index contributed by atoms with van der Waals surface area (Å²) in [5.41, 5.74) is 0. The highest BCUT2D eigenvalue weighted by atomic mass is 127. The van der Waals surface area contributed by atoms with Gasteiger partial charge in [0.1, 0.15) is 0 Å². The second-order valence-corrected chi connectivity index (χ2v) is 7.70. The van der Waals surface area contributed by atoms with Crippen LogP contribution in [0, 0.1) is 5.92 Å². The molecule has 0 bridgehead atoms. The van der Waals surface area contributed by atoms with Crippen LogP contribution in [-0.2, 0) is 0 Å². The molecule has 2 fully saturated rings. The zero-order valence-corrected chi connectivity index (χ0v) is 17.5. The first-order valence-corrected chi connectivity index (χ1v) is 9.72. The molecule has 0 aromatic heterocycles. The molecule has 2 rings (SSSR count). The predicted octanol–water partition coefficient (Wildman–Crippen LogP) is 2.79. The van der Waals surface area contributed by atoms with Crippen LogP contribution in [0.2, 0.25) is 0 Å². The number of hydrogen-bond donors (Lipinski definition) is 2. The van der Waals surface area contributed by atoms with Crippen molar-refractivity contribution in [3.05, 3.63) is 0 Å². The van der Waals surface area contributed by atoms with E-state index in [4.69, 9.17) is 0 Å². The molecule has 130 valence electrons. The van der Waals surface area contributed by atoms with E-state index in [2.05, 4.69) is 33.7 Å². The van der Waals surface area contributed by atoms with Crippen LogP contribution in [0.15, 0.2) is 4.99 Å². The lowest BCUT2D eigenvalue weighted by molar-refractivity contribution is 0.187. The number of guanidine groups is 1. The molecular weight excluding hydrogens is 407 g/mol. The Bertz CT molecular complexity index is 340. The second kappa shape index (κ2) is 11.0. The van der Waals surface area contributed by atoms with Crippen molar-refractivity contribution >= 4 is 41.7 Å². The minimum atomic E-state index is 0. The molecule has 0 amide bonds. The number of rotatable bonds is 5. The number of halogens is 1. The van der Waals surface area contributed by atoms with Crippen LogP contribution in [-0.4, -0.2) is 61.6 Å². The Morgan fingerprint density at radius 1 is 1.32 bits per heavy atom. The first-order chi connectivity index (χ1) is 10.2. The molecule has 2 aliphatic rings. The van der Waals surface area contributed by atoms with Gasteiger partial charge in [-0.15, -0.1) is 24.0 Å². The van der Waals surface area contributed by atoms with Gasteiger partial charge in [-0.2, -0.15) is 11.8 Å². The van der Waals surface area contributed by atoms with Gasteiger partial charge in [-0.3, -0.25) is 4.99 Å². The van der Waals surface area contributed by atoms with Crippen LogP contribution in [0.1, 0.15) is 39.0 Å². The Morgan fingerprint density at radius 2 is 2.14 bits per heavy atom. The van der Waals surface area contributed by atoms with Gasteiger partial charge in [0, 0.05) is 38.0 Å². The van der Waals surface area contributed by atoms with Crippen molar-refractivity contribution in [2.45, 2.75) is 50.3 Å². The van der Waals surface area contributed by atoms with Crippen molar-refractivity contribution < 1.29 is 0 Å². The Morgan fingerprint density at radius 3 is 2.77 bits per heavy atom. The third kappa shape index (κ3) is 6.83. The fourth-order valence-corrected chi connectivity index (χ4v) is 4.29. The minimum Gasteiger partial charge on any atom is -0.355 e. The average Bonchev–Trinajstić information content (AvgIpc) is 2.94. The molecule has 1 aliphatic carbocycles. The van der Waals surface area contributed by atoms with Crippen molar-refractivity contribution in [3.63, 3.8) is 0 Å². The SMILES string of the molecule is CN=C(NCCN1CCCC(C)C1)NC1CCC(SC)C1.I. The zero-order valence-electron chi connectivity index (χ0n) is 14.3. The lowest BCUT2D eigenvalue weighted by atomic mass is 10.0. The standard InChI is InChI=1S/C16H32N4S.HI/c1-13-5-4-9-20(12-13)10-8-18-16(17-2)19-14-6-7-15(11-14)21-3;/h13-15H,4-12H2,1-3H3,(H2,17,18,19);1H. The molecule has 22 heavy (non-hydrogen) atoms. The Hall–Kier alpha value is 0.310. The molecule has 1 saturated carbocycles. The molecule has 2 N–H and O–H groups in total. The molecule has 3 unspecified atom stereocenters. The van der Waals surface area contributed by atoms with Crippen LogP contribution in [0.5, 0.6) is 0 Å². The highest BCUT2D eigenvalue weighted by Gasteiger charge is 2.24. The van der Waals surface area contributed by atoms with Crippen molar-refractivity contribution in [3.8, 4) is 0 Å². The molecule has 0 spiro atoms. The Labute approximate surface area is 157 Å². The number of hydrogen-bond acceptors (Lipinski definition) is 3. The summed E-state index contributed by atoms with van der Waals surface area (Å²) in [4.78, 5) is 6.95. The van der Waals surface area contributed by atoms with Gasteiger partial charge in [0.15, 0.2) is 5.96 Å². The monoisotopic (exact) mass is 440 g/mol. The number of likely N-dealkylation sites (tertiary alicyclic amines) is 1. The largest absolute Gasteiger partial charge is 0.355 e. The third-order valence-corrected chi connectivity index (χ3v) is 5.84. The number of aliphatic imine (C=N–C) groups is 1. The van der Waals surface area contributed by atoms with Gasteiger partial charge in [-0.1, -0.05) is 6.92 Å². The van der Waals surface area contributed by atoms with Crippen molar-refractivity contribution in [1.82, 2.24) is 15.5 Å². The predicted molar refractivity (Wildman–Crippen MR) is 110 cm³/mol. The number of nitrogens with zero attached hydrogens (tertiary/aromatic N) is 2. The van der Waals surface area contributed by atoms with E-state index in [0.717, 1.165) is 30.2 Å². The van der Waals surface area contributed by atoms with Gasteiger partial charge >= 0.3 is 0 Å². The van der Waals surface area contributed by atoms with Gasteiger partial charge in [0.05, 0.1) is 0 Å². The molecule has 1 heterocycles. The van der Waals surface area contributed by atoms with E-state index in [-0.39, 0.29) is 24.0 Å². The van der Waals surface area contributed by atoms with Gasteiger partial charge in [0.25, 0.3) is 0 Å². The smallest absolute Gasteiger partial charge is 0.191 e. The normalized spacial score (nSPS) is 30.0. The molecule has 0 radical (unpaired) electrons. The average molecular weight is 440 g/mol. The van der Waals surface area contributed by atoms with Gasteiger partial charge in [-0.05, 0) is 50.8 Å². The molecule has 3 atom stereocenters. The first-order valence-electron chi connectivity index (χ1n) is 8.43. The number of piperidine rings is 1. The number of nitrogens with one attached hydrogen (secondary N) is 2.